The molecule has 0 saturated carbocycles. The molecule has 0 fully saturated rings. The van der Waals surface area contributed by atoms with E-state index in [0.717, 1.165) is 4.57 Å². The van der Waals surface area contributed by atoms with E-state index in [4.69, 9.17) is 27.6 Å². The summed E-state index contributed by atoms with van der Waals surface area (Å²) < 4.78 is 20.3. The third-order valence-electron chi connectivity index (χ3n) is 4.59. The van der Waals surface area contributed by atoms with Crippen molar-refractivity contribution in [2.45, 2.75) is 6.54 Å². The molecule has 0 N–H and O–H groups in total. The van der Waals surface area contributed by atoms with Crippen LogP contribution in [0.4, 0.5) is 4.39 Å². The molecule has 5 nitrogen and oxygen atoms in total. The fourth-order valence-corrected chi connectivity index (χ4v) is 3.44. The lowest BCUT2D eigenvalue weighted by atomic mass is 10.0. The zero-order valence-electron chi connectivity index (χ0n) is 15.2. The van der Waals surface area contributed by atoms with E-state index in [0.29, 0.717) is 10.6 Å². The minimum absolute atomic E-state index is 0.00393. The van der Waals surface area contributed by atoms with E-state index in [1.807, 2.05) is 0 Å². The van der Waals surface area contributed by atoms with Crippen molar-refractivity contribution < 1.29 is 18.4 Å². The summed E-state index contributed by atoms with van der Waals surface area (Å²) in [7, 11) is 0. The standard InChI is InChI=1S/C22H12Cl2FNO4/c23-13-7-5-12(6-8-13)19(27)11-26-18-10-16(24)15(9-20(18)30-22(26)29)21(28)14-3-1-2-4-17(14)25/h1-10H,11H2. The molecule has 1 aromatic heterocycles. The van der Waals surface area contributed by atoms with Crippen molar-refractivity contribution in [3.05, 3.63) is 104 Å². The van der Waals surface area contributed by atoms with Gasteiger partial charge in [0.15, 0.2) is 17.1 Å². The van der Waals surface area contributed by atoms with Gasteiger partial charge in [-0.15, -0.1) is 0 Å². The summed E-state index contributed by atoms with van der Waals surface area (Å²) in [6.07, 6.45) is 0. The van der Waals surface area contributed by atoms with Gasteiger partial charge in [0.1, 0.15) is 5.82 Å². The lowest BCUT2D eigenvalue weighted by Gasteiger charge is -2.06. The highest BCUT2D eigenvalue weighted by Crippen LogP contribution is 2.27. The van der Waals surface area contributed by atoms with Crippen LogP contribution in [0.25, 0.3) is 11.1 Å². The van der Waals surface area contributed by atoms with E-state index in [1.54, 1.807) is 24.3 Å². The van der Waals surface area contributed by atoms with E-state index < -0.39 is 17.4 Å². The predicted molar refractivity (Wildman–Crippen MR) is 111 cm³/mol. The van der Waals surface area contributed by atoms with Crippen LogP contribution in [0.2, 0.25) is 10.0 Å². The molecule has 0 spiro atoms. The van der Waals surface area contributed by atoms with Gasteiger partial charge in [-0.2, -0.15) is 0 Å². The molecule has 8 heteroatoms. The molecule has 0 saturated heterocycles. The van der Waals surface area contributed by atoms with Gasteiger partial charge in [-0.3, -0.25) is 14.2 Å². The Morgan fingerprint density at radius 3 is 2.37 bits per heavy atom. The number of nitrogens with zero attached hydrogens (tertiary/aromatic N) is 1. The van der Waals surface area contributed by atoms with Gasteiger partial charge in [-0.25, -0.2) is 9.18 Å². The molecule has 0 radical (unpaired) electrons. The highest BCUT2D eigenvalue weighted by molar-refractivity contribution is 6.35. The van der Waals surface area contributed by atoms with Gasteiger partial charge in [-0.05, 0) is 48.5 Å². The molecule has 0 aliphatic rings. The molecule has 4 rings (SSSR count). The highest BCUT2D eigenvalue weighted by Gasteiger charge is 2.21. The fourth-order valence-electron chi connectivity index (χ4n) is 3.07. The summed E-state index contributed by atoms with van der Waals surface area (Å²) in [6, 6.07) is 14.4. The van der Waals surface area contributed by atoms with Crippen LogP contribution >= 0.6 is 23.2 Å². The lowest BCUT2D eigenvalue weighted by Crippen LogP contribution is -2.20. The summed E-state index contributed by atoms with van der Waals surface area (Å²) in [5.41, 5.74) is 0.515. The summed E-state index contributed by atoms with van der Waals surface area (Å²) in [5, 5.41) is 0.487. The Labute approximate surface area is 179 Å². The van der Waals surface area contributed by atoms with Gasteiger partial charge in [-0.1, -0.05) is 35.3 Å². The largest absolute Gasteiger partial charge is 0.420 e. The number of oxazole rings is 1. The van der Waals surface area contributed by atoms with Crippen molar-refractivity contribution in [1.29, 1.82) is 0 Å². The Morgan fingerprint density at radius 2 is 1.67 bits per heavy atom. The van der Waals surface area contributed by atoms with Crippen molar-refractivity contribution in [1.82, 2.24) is 4.57 Å². The van der Waals surface area contributed by atoms with E-state index in [1.165, 1.54) is 36.4 Å². The Bertz CT molecular complexity index is 1360. The number of fused-ring (bicyclic) bond motifs is 1. The number of carbonyl (C=O) groups excluding carboxylic acids is 2. The average Bonchev–Trinajstić information content (AvgIpc) is 3.02. The summed E-state index contributed by atoms with van der Waals surface area (Å²) in [5.74, 6) is -2.45. The number of hydrogen-bond donors (Lipinski definition) is 0. The number of aromatic nitrogens is 1. The maximum atomic E-state index is 14.0. The van der Waals surface area contributed by atoms with Gasteiger partial charge in [0.2, 0.25) is 0 Å². The molecule has 0 atom stereocenters. The number of ketones is 2. The first kappa shape index (κ1) is 20.1. The van der Waals surface area contributed by atoms with Crippen LogP contribution < -0.4 is 5.76 Å². The summed E-state index contributed by atoms with van der Waals surface area (Å²) >= 11 is 12.1. The number of halogens is 3. The Hall–Kier alpha value is -3.22. The molecular weight excluding hydrogens is 432 g/mol. The first-order valence-corrected chi connectivity index (χ1v) is 9.51. The highest BCUT2D eigenvalue weighted by atomic mass is 35.5. The number of benzene rings is 3. The monoisotopic (exact) mass is 443 g/mol. The van der Waals surface area contributed by atoms with Crippen molar-refractivity contribution in [2.24, 2.45) is 0 Å². The number of rotatable bonds is 5. The number of hydrogen-bond acceptors (Lipinski definition) is 4. The van der Waals surface area contributed by atoms with Gasteiger partial charge < -0.3 is 4.42 Å². The molecule has 1 heterocycles. The van der Waals surface area contributed by atoms with Gasteiger partial charge in [0.25, 0.3) is 0 Å². The second-order valence-corrected chi connectivity index (χ2v) is 7.34. The van der Waals surface area contributed by atoms with E-state index in [-0.39, 0.29) is 39.6 Å². The van der Waals surface area contributed by atoms with Crippen molar-refractivity contribution in [3.8, 4) is 0 Å². The van der Waals surface area contributed by atoms with E-state index >= 15 is 0 Å². The quantitative estimate of drug-likeness (QED) is 0.399. The molecular formula is C22H12Cl2FNO4. The molecule has 4 aromatic rings. The Morgan fingerprint density at radius 1 is 0.967 bits per heavy atom. The number of Topliss-reactive ketones (excluding diaryl/α,β-unsaturated/α-hetero) is 1. The smallest absolute Gasteiger partial charge is 0.408 e. The molecule has 0 unspecified atom stereocenters. The van der Waals surface area contributed by atoms with Crippen molar-refractivity contribution in [3.63, 3.8) is 0 Å². The molecule has 0 aliphatic carbocycles. The summed E-state index contributed by atoms with van der Waals surface area (Å²) in [6.45, 7) is -0.287. The van der Waals surface area contributed by atoms with Gasteiger partial charge in [0, 0.05) is 16.1 Å². The van der Waals surface area contributed by atoms with Crippen LogP contribution in [-0.4, -0.2) is 16.1 Å². The normalized spacial score (nSPS) is 11.0. The maximum absolute atomic E-state index is 14.0. The first-order chi connectivity index (χ1) is 14.3. The van der Waals surface area contributed by atoms with Crippen LogP contribution in [0.3, 0.4) is 0 Å². The third-order valence-corrected chi connectivity index (χ3v) is 5.15. The molecule has 3 aromatic carbocycles. The van der Waals surface area contributed by atoms with Crippen LogP contribution in [0.15, 0.2) is 69.9 Å². The fraction of sp³-hybridized carbons (Fsp3) is 0.0455. The van der Waals surface area contributed by atoms with Gasteiger partial charge in [0.05, 0.1) is 22.6 Å². The lowest BCUT2D eigenvalue weighted by molar-refractivity contribution is 0.0969. The van der Waals surface area contributed by atoms with Gasteiger partial charge >= 0.3 is 5.76 Å². The summed E-state index contributed by atoms with van der Waals surface area (Å²) in [4.78, 5) is 37.5. The first-order valence-electron chi connectivity index (χ1n) is 8.76. The van der Waals surface area contributed by atoms with Crippen LogP contribution in [0, 0.1) is 5.82 Å². The average molecular weight is 444 g/mol. The zero-order chi connectivity index (χ0) is 21.4. The van der Waals surface area contributed by atoms with Crippen LogP contribution in [-0.2, 0) is 6.54 Å². The van der Waals surface area contributed by atoms with Crippen molar-refractivity contribution in [2.75, 3.05) is 0 Å². The van der Waals surface area contributed by atoms with E-state index in [2.05, 4.69) is 0 Å². The minimum Gasteiger partial charge on any atom is -0.408 e. The Balaban J connectivity index is 1.73. The van der Waals surface area contributed by atoms with Crippen molar-refractivity contribution >= 4 is 45.9 Å². The molecule has 0 aliphatic heterocycles. The maximum Gasteiger partial charge on any atom is 0.420 e. The zero-order valence-corrected chi connectivity index (χ0v) is 16.7. The molecule has 30 heavy (non-hydrogen) atoms. The van der Waals surface area contributed by atoms with E-state index in [9.17, 15) is 18.8 Å². The van der Waals surface area contributed by atoms with Crippen LogP contribution in [0.1, 0.15) is 26.3 Å². The molecule has 0 amide bonds. The third kappa shape index (κ3) is 3.67. The second-order valence-electron chi connectivity index (χ2n) is 6.49. The molecule has 150 valence electrons. The van der Waals surface area contributed by atoms with Crippen LogP contribution in [0.5, 0.6) is 0 Å². The second kappa shape index (κ2) is 7.89. The number of carbonyl (C=O) groups is 2. The molecule has 0 bridgehead atoms. The Kier molecular flexibility index (Phi) is 5.28. The minimum atomic E-state index is -0.779. The topological polar surface area (TPSA) is 69.3 Å². The SMILES string of the molecule is O=C(Cn1c(=O)oc2cc(C(=O)c3ccccc3F)c(Cl)cc21)c1ccc(Cl)cc1. The predicted octanol–water partition coefficient (Wildman–Crippen LogP) is 5.15.